The number of rotatable bonds is 3. The summed E-state index contributed by atoms with van der Waals surface area (Å²) in [5, 5.41) is 5.66. The summed E-state index contributed by atoms with van der Waals surface area (Å²) in [5.41, 5.74) is 0.155. The Kier molecular flexibility index (Phi) is 5.33. The van der Waals surface area contributed by atoms with Crippen LogP contribution in [0.1, 0.15) is 44.9 Å². The molecule has 1 saturated heterocycles. The molecule has 3 rings (SSSR count). The number of anilines is 1. The molecule has 0 aromatic heterocycles. The zero-order chi connectivity index (χ0) is 16.9. The minimum Gasteiger partial charge on any atom is -0.335 e. The molecule has 2 aliphatic rings. The van der Waals surface area contributed by atoms with E-state index in [0.717, 1.165) is 32.1 Å². The Bertz CT molecular complexity index is 602. The van der Waals surface area contributed by atoms with Gasteiger partial charge < -0.3 is 15.5 Å². The monoisotopic (exact) mass is 333 g/mol. The van der Waals surface area contributed by atoms with Crippen molar-refractivity contribution in [3.63, 3.8) is 0 Å². The first-order chi connectivity index (χ1) is 11.6. The van der Waals surface area contributed by atoms with Gasteiger partial charge in [-0.05, 0) is 37.8 Å². The second-order valence-corrected chi connectivity index (χ2v) is 6.60. The number of urea groups is 1. The van der Waals surface area contributed by atoms with Crippen LogP contribution in [0.5, 0.6) is 0 Å². The lowest BCUT2D eigenvalue weighted by Gasteiger charge is -2.29. The number of hydrogen-bond donors (Lipinski definition) is 2. The van der Waals surface area contributed by atoms with Gasteiger partial charge in [0.2, 0.25) is 5.91 Å². The number of carbonyl (C=O) groups excluding carboxylic acids is 2. The van der Waals surface area contributed by atoms with E-state index in [1.807, 2.05) is 0 Å². The first-order valence-corrected chi connectivity index (χ1v) is 8.77. The molecule has 6 heteroatoms. The molecule has 24 heavy (non-hydrogen) atoms. The van der Waals surface area contributed by atoms with E-state index in [1.165, 1.54) is 18.6 Å². The highest BCUT2D eigenvalue weighted by atomic mass is 19.1. The van der Waals surface area contributed by atoms with E-state index in [4.69, 9.17) is 0 Å². The quantitative estimate of drug-likeness (QED) is 0.892. The molecular weight excluding hydrogens is 309 g/mol. The van der Waals surface area contributed by atoms with Gasteiger partial charge in [-0.1, -0.05) is 31.4 Å². The molecule has 2 fully saturated rings. The SMILES string of the molecule is O=C(Nc1ccccc1F)[C@@H]1CCCN1C(=O)NC1CCCCC1. The molecule has 2 N–H and O–H groups in total. The molecular formula is C18H24FN3O2. The summed E-state index contributed by atoms with van der Waals surface area (Å²) in [6.45, 7) is 0.563. The van der Waals surface area contributed by atoms with Gasteiger partial charge in [0.15, 0.2) is 0 Å². The van der Waals surface area contributed by atoms with Gasteiger partial charge in [-0.2, -0.15) is 0 Å². The molecule has 0 spiro atoms. The van der Waals surface area contributed by atoms with E-state index in [1.54, 1.807) is 17.0 Å². The fourth-order valence-corrected chi connectivity index (χ4v) is 3.57. The van der Waals surface area contributed by atoms with Crippen LogP contribution < -0.4 is 10.6 Å². The number of benzene rings is 1. The van der Waals surface area contributed by atoms with Gasteiger partial charge in [0.1, 0.15) is 11.9 Å². The van der Waals surface area contributed by atoms with Crippen molar-refractivity contribution in [3.8, 4) is 0 Å². The first-order valence-electron chi connectivity index (χ1n) is 8.77. The topological polar surface area (TPSA) is 61.4 Å². The molecule has 1 aliphatic heterocycles. The summed E-state index contributed by atoms with van der Waals surface area (Å²) >= 11 is 0. The molecule has 1 atom stereocenters. The van der Waals surface area contributed by atoms with E-state index in [9.17, 15) is 14.0 Å². The number of amides is 3. The maximum Gasteiger partial charge on any atom is 0.318 e. The molecule has 5 nitrogen and oxygen atoms in total. The normalized spacial score (nSPS) is 21.5. The zero-order valence-electron chi connectivity index (χ0n) is 13.8. The summed E-state index contributed by atoms with van der Waals surface area (Å²) in [6, 6.07) is 5.57. The largest absolute Gasteiger partial charge is 0.335 e. The fraction of sp³-hybridized carbons (Fsp3) is 0.556. The molecule has 1 heterocycles. The third-order valence-electron chi connectivity index (χ3n) is 4.88. The van der Waals surface area contributed by atoms with Crippen molar-refractivity contribution in [2.24, 2.45) is 0 Å². The number of carbonyl (C=O) groups is 2. The van der Waals surface area contributed by atoms with Crippen molar-refractivity contribution in [3.05, 3.63) is 30.1 Å². The highest BCUT2D eigenvalue weighted by Crippen LogP contribution is 2.22. The van der Waals surface area contributed by atoms with E-state index < -0.39 is 11.9 Å². The fourth-order valence-electron chi connectivity index (χ4n) is 3.57. The van der Waals surface area contributed by atoms with Crippen molar-refractivity contribution in [2.45, 2.75) is 57.0 Å². The Morgan fingerprint density at radius 3 is 2.54 bits per heavy atom. The lowest BCUT2D eigenvalue weighted by atomic mass is 9.96. The van der Waals surface area contributed by atoms with E-state index in [2.05, 4.69) is 10.6 Å². The molecule has 1 saturated carbocycles. The minimum atomic E-state index is -0.534. The third-order valence-corrected chi connectivity index (χ3v) is 4.88. The van der Waals surface area contributed by atoms with E-state index in [0.29, 0.717) is 13.0 Å². The van der Waals surface area contributed by atoms with Gasteiger partial charge >= 0.3 is 6.03 Å². The molecule has 3 amide bonds. The summed E-state index contributed by atoms with van der Waals surface area (Å²) < 4.78 is 13.7. The second kappa shape index (κ2) is 7.64. The van der Waals surface area contributed by atoms with Crippen LogP contribution in [0.15, 0.2) is 24.3 Å². The smallest absolute Gasteiger partial charge is 0.318 e. The standard InChI is InChI=1S/C18H24FN3O2/c19-14-9-4-5-10-15(14)21-17(23)16-11-6-12-22(16)18(24)20-13-7-2-1-3-8-13/h4-5,9-10,13,16H,1-3,6-8,11-12H2,(H,20,24)(H,21,23)/t16-/m0/s1. The van der Waals surface area contributed by atoms with Gasteiger partial charge in [-0.15, -0.1) is 0 Å². The molecule has 0 bridgehead atoms. The maximum atomic E-state index is 13.7. The number of para-hydroxylation sites is 1. The van der Waals surface area contributed by atoms with Crippen molar-refractivity contribution in [1.29, 1.82) is 0 Å². The van der Waals surface area contributed by atoms with Gasteiger partial charge in [0.25, 0.3) is 0 Å². The Hall–Kier alpha value is -2.11. The van der Waals surface area contributed by atoms with Crippen LogP contribution in [-0.2, 0) is 4.79 Å². The third kappa shape index (κ3) is 3.86. The molecule has 0 radical (unpaired) electrons. The average molecular weight is 333 g/mol. The first kappa shape index (κ1) is 16.7. The molecule has 1 aromatic carbocycles. The lowest BCUT2D eigenvalue weighted by molar-refractivity contribution is -0.119. The number of likely N-dealkylation sites (tertiary alicyclic amines) is 1. The van der Waals surface area contributed by atoms with Crippen LogP contribution in [-0.4, -0.2) is 35.5 Å². The van der Waals surface area contributed by atoms with Crippen molar-refractivity contribution in [1.82, 2.24) is 10.2 Å². The van der Waals surface area contributed by atoms with Gasteiger partial charge in [-0.3, -0.25) is 4.79 Å². The van der Waals surface area contributed by atoms with Crippen molar-refractivity contribution < 1.29 is 14.0 Å². The van der Waals surface area contributed by atoms with Gasteiger partial charge in [0.05, 0.1) is 5.69 Å². The molecule has 0 unspecified atom stereocenters. The zero-order valence-corrected chi connectivity index (χ0v) is 13.8. The Morgan fingerprint density at radius 2 is 1.79 bits per heavy atom. The molecule has 130 valence electrons. The summed E-state index contributed by atoms with van der Waals surface area (Å²) in [5.74, 6) is -0.793. The highest BCUT2D eigenvalue weighted by molar-refractivity contribution is 5.97. The summed E-state index contributed by atoms with van der Waals surface area (Å²) in [4.78, 5) is 26.6. The second-order valence-electron chi connectivity index (χ2n) is 6.60. The highest BCUT2D eigenvalue weighted by Gasteiger charge is 2.35. The van der Waals surface area contributed by atoms with E-state index >= 15 is 0 Å². The van der Waals surface area contributed by atoms with E-state index in [-0.39, 0.29) is 23.7 Å². The number of nitrogens with one attached hydrogen (secondary N) is 2. The van der Waals surface area contributed by atoms with Crippen LogP contribution in [0, 0.1) is 5.82 Å². The minimum absolute atomic E-state index is 0.155. The van der Waals surface area contributed by atoms with Crippen LogP contribution in [0.4, 0.5) is 14.9 Å². The van der Waals surface area contributed by atoms with Crippen molar-refractivity contribution in [2.75, 3.05) is 11.9 Å². The summed E-state index contributed by atoms with van der Waals surface area (Å²) in [6.07, 6.45) is 6.91. The molecule has 1 aliphatic carbocycles. The summed E-state index contributed by atoms with van der Waals surface area (Å²) in [7, 11) is 0. The average Bonchev–Trinajstić information content (AvgIpc) is 3.08. The predicted molar refractivity (Wildman–Crippen MR) is 90.2 cm³/mol. The number of halogens is 1. The maximum absolute atomic E-state index is 13.7. The Labute approximate surface area is 141 Å². The number of hydrogen-bond acceptors (Lipinski definition) is 2. The van der Waals surface area contributed by atoms with Gasteiger partial charge in [0, 0.05) is 12.6 Å². The van der Waals surface area contributed by atoms with Crippen LogP contribution in [0.3, 0.4) is 0 Å². The van der Waals surface area contributed by atoms with Gasteiger partial charge in [-0.25, -0.2) is 9.18 Å². The molecule has 1 aromatic rings. The van der Waals surface area contributed by atoms with Crippen LogP contribution in [0.2, 0.25) is 0 Å². The van der Waals surface area contributed by atoms with Crippen molar-refractivity contribution >= 4 is 17.6 Å². The Morgan fingerprint density at radius 1 is 1.04 bits per heavy atom. The number of nitrogens with zero attached hydrogens (tertiary/aromatic N) is 1. The van der Waals surface area contributed by atoms with Crippen LogP contribution >= 0.6 is 0 Å². The predicted octanol–water partition coefficient (Wildman–Crippen LogP) is 3.27. The lowest BCUT2D eigenvalue weighted by Crippen LogP contribution is -2.50. The Balaban J connectivity index is 1.60. The van der Waals surface area contributed by atoms with Crippen LogP contribution in [0.25, 0.3) is 0 Å².